The van der Waals surface area contributed by atoms with Crippen molar-refractivity contribution in [2.75, 3.05) is 16.8 Å². The van der Waals surface area contributed by atoms with E-state index in [1.165, 1.54) is 17.0 Å². The van der Waals surface area contributed by atoms with Crippen molar-refractivity contribution >= 4 is 23.5 Å². The molecule has 1 saturated heterocycles. The van der Waals surface area contributed by atoms with Gasteiger partial charge in [0.15, 0.2) is 0 Å². The molecule has 8 nitrogen and oxygen atoms in total. The van der Waals surface area contributed by atoms with Crippen LogP contribution < -0.4 is 15.0 Å². The van der Waals surface area contributed by atoms with Crippen LogP contribution in [-0.2, 0) is 9.59 Å². The fourth-order valence-corrected chi connectivity index (χ4v) is 3.80. The Bertz CT molecular complexity index is 923. The van der Waals surface area contributed by atoms with Crippen LogP contribution in [0.3, 0.4) is 0 Å². The molecule has 1 aromatic heterocycles. The number of ether oxygens (including phenoxy) is 1. The van der Waals surface area contributed by atoms with Crippen LogP contribution in [0.15, 0.2) is 28.7 Å². The van der Waals surface area contributed by atoms with Crippen molar-refractivity contribution < 1.29 is 31.9 Å². The molecule has 1 N–H and O–H groups in total. The number of nitrogens with one attached hydrogen (secondary N) is 1. The zero-order valence-electron chi connectivity index (χ0n) is 15.8. The summed E-state index contributed by atoms with van der Waals surface area (Å²) in [7, 11) is 0. The Morgan fingerprint density at radius 2 is 1.87 bits per heavy atom. The molecule has 1 saturated carbocycles. The molecule has 160 valence electrons. The monoisotopic (exact) mass is 424 g/mol. The lowest BCUT2D eigenvalue weighted by molar-refractivity contribution is -0.274. The number of benzene rings is 1. The van der Waals surface area contributed by atoms with E-state index in [0.717, 1.165) is 37.8 Å². The van der Waals surface area contributed by atoms with Crippen molar-refractivity contribution in [3.8, 4) is 5.75 Å². The highest BCUT2D eigenvalue weighted by molar-refractivity contribution is 5.96. The highest BCUT2D eigenvalue weighted by atomic mass is 19.4. The Labute approximate surface area is 169 Å². The Morgan fingerprint density at radius 3 is 2.53 bits per heavy atom. The first-order valence-electron chi connectivity index (χ1n) is 9.59. The zero-order valence-corrected chi connectivity index (χ0v) is 15.8. The molecule has 1 atom stereocenters. The molecule has 2 heterocycles. The average Bonchev–Trinajstić information content (AvgIpc) is 3.41. The van der Waals surface area contributed by atoms with Crippen LogP contribution in [-0.4, -0.2) is 34.9 Å². The van der Waals surface area contributed by atoms with Crippen LogP contribution >= 0.6 is 0 Å². The number of hydrogen-bond acceptors (Lipinski definition) is 6. The molecule has 11 heteroatoms. The molecule has 1 aliphatic heterocycles. The highest BCUT2D eigenvalue weighted by Crippen LogP contribution is 2.33. The minimum absolute atomic E-state index is 0.00134. The Balaban J connectivity index is 1.39. The minimum Gasteiger partial charge on any atom is -0.407 e. The second-order valence-electron chi connectivity index (χ2n) is 7.36. The summed E-state index contributed by atoms with van der Waals surface area (Å²) >= 11 is 0. The summed E-state index contributed by atoms with van der Waals surface area (Å²) in [6.45, 7) is 0.233. The molecule has 2 amide bonds. The zero-order chi connectivity index (χ0) is 21.3. The van der Waals surface area contributed by atoms with Crippen molar-refractivity contribution in [2.24, 2.45) is 5.92 Å². The van der Waals surface area contributed by atoms with Gasteiger partial charge in [0.1, 0.15) is 5.75 Å². The van der Waals surface area contributed by atoms with Gasteiger partial charge in [-0.25, -0.2) is 0 Å². The number of nitrogens with zero attached hydrogens (tertiary/aromatic N) is 3. The molecule has 2 aromatic rings. The minimum atomic E-state index is -4.78. The number of anilines is 2. The molecule has 1 aromatic carbocycles. The summed E-state index contributed by atoms with van der Waals surface area (Å²) in [4.78, 5) is 26.0. The molecule has 0 spiro atoms. The normalized spacial score (nSPS) is 20.0. The fourth-order valence-electron chi connectivity index (χ4n) is 3.80. The number of carbonyl (C=O) groups excluding carboxylic acids is 2. The first-order chi connectivity index (χ1) is 14.3. The van der Waals surface area contributed by atoms with Gasteiger partial charge in [-0.15, -0.1) is 18.3 Å². The standard InChI is InChI=1S/C19H19F3N4O4/c20-19(21,22)30-14-7-5-13(6-8-14)26-10-12(9-15(26)27)17-24-25-18(29-17)23-16(28)11-3-1-2-4-11/h5-8,11-12H,1-4,9-10H2,(H,23,25,28)/t12-/m1/s1. The Morgan fingerprint density at radius 1 is 1.17 bits per heavy atom. The van der Waals surface area contributed by atoms with Gasteiger partial charge in [-0.3, -0.25) is 14.9 Å². The van der Waals surface area contributed by atoms with Crippen LogP contribution in [0.25, 0.3) is 0 Å². The van der Waals surface area contributed by atoms with Crippen LogP contribution in [0.1, 0.15) is 43.9 Å². The lowest BCUT2D eigenvalue weighted by Crippen LogP contribution is -2.24. The van der Waals surface area contributed by atoms with E-state index in [4.69, 9.17) is 4.42 Å². The molecule has 2 fully saturated rings. The highest BCUT2D eigenvalue weighted by Gasteiger charge is 2.36. The number of alkyl halides is 3. The summed E-state index contributed by atoms with van der Waals surface area (Å²) < 4.78 is 46.2. The topological polar surface area (TPSA) is 97.6 Å². The second-order valence-corrected chi connectivity index (χ2v) is 7.36. The number of aromatic nitrogens is 2. The number of rotatable bonds is 5. The Kier molecular flexibility index (Phi) is 5.35. The summed E-state index contributed by atoms with van der Waals surface area (Å²) in [5.41, 5.74) is 0.436. The molecule has 30 heavy (non-hydrogen) atoms. The first kappa shape index (κ1) is 20.2. The fraction of sp³-hybridized carbons (Fsp3) is 0.474. The van der Waals surface area contributed by atoms with Gasteiger partial charge in [0.05, 0.1) is 5.92 Å². The number of hydrogen-bond donors (Lipinski definition) is 1. The van der Waals surface area contributed by atoms with E-state index in [9.17, 15) is 22.8 Å². The van der Waals surface area contributed by atoms with E-state index in [1.54, 1.807) is 0 Å². The van der Waals surface area contributed by atoms with Crippen molar-refractivity contribution in [1.82, 2.24) is 10.2 Å². The molecule has 4 rings (SSSR count). The molecule has 2 aliphatic rings. The maximum atomic E-state index is 12.4. The van der Waals surface area contributed by atoms with E-state index in [2.05, 4.69) is 20.3 Å². The van der Waals surface area contributed by atoms with Gasteiger partial charge in [0.2, 0.25) is 17.7 Å². The van der Waals surface area contributed by atoms with Crippen LogP contribution in [0.2, 0.25) is 0 Å². The predicted octanol–water partition coefficient (Wildman–Crippen LogP) is 3.62. The summed E-state index contributed by atoms with van der Waals surface area (Å²) in [6.07, 6.45) is -0.942. The van der Waals surface area contributed by atoms with E-state index in [1.807, 2.05) is 0 Å². The van der Waals surface area contributed by atoms with Crippen molar-refractivity contribution in [3.05, 3.63) is 30.2 Å². The number of halogens is 3. The number of amides is 2. The van der Waals surface area contributed by atoms with Gasteiger partial charge in [-0.1, -0.05) is 17.9 Å². The SMILES string of the molecule is O=C(Nc1nnc([C@@H]2CC(=O)N(c3ccc(OC(F)(F)F)cc3)C2)o1)C1CCCC1. The molecule has 0 bridgehead atoms. The van der Waals surface area contributed by atoms with Crippen LogP contribution in [0.5, 0.6) is 5.75 Å². The van der Waals surface area contributed by atoms with Gasteiger partial charge in [0, 0.05) is 24.6 Å². The lowest BCUT2D eigenvalue weighted by Gasteiger charge is -2.17. The van der Waals surface area contributed by atoms with Crippen LogP contribution in [0.4, 0.5) is 24.9 Å². The molecule has 1 aliphatic carbocycles. The molecular formula is C19H19F3N4O4. The van der Waals surface area contributed by atoms with Crippen molar-refractivity contribution in [1.29, 1.82) is 0 Å². The van der Waals surface area contributed by atoms with Gasteiger partial charge >= 0.3 is 12.4 Å². The Hall–Kier alpha value is -3.11. The maximum Gasteiger partial charge on any atom is 0.573 e. The van der Waals surface area contributed by atoms with E-state index in [-0.39, 0.29) is 54.3 Å². The second kappa shape index (κ2) is 7.96. The van der Waals surface area contributed by atoms with Gasteiger partial charge in [0.25, 0.3) is 0 Å². The number of carbonyl (C=O) groups is 2. The maximum absolute atomic E-state index is 12.4. The first-order valence-corrected chi connectivity index (χ1v) is 9.59. The molecule has 0 radical (unpaired) electrons. The van der Waals surface area contributed by atoms with E-state index >= 15 is 0 Å². The summed E-state index contributed by atoms with van der Waals surface area (Å²) in [6, 6.07) is 5.05. The third-order valence-electron chi connectivity index (χ3n) is 5.25. The summed E-state index contributed by atoms with van der Waals surface area (Å²) in [5, 5.41) is 10.4. The quantitative estimate of drug-likeness (QED) is 0.788. The molecular weight excluding hydrogens is 405 g/mol. The van der Waals surface area contributed by atoms with Gasteiger partial charge in [-0.05, 0) is 37.1 Å². The third-order valence-corrected chi connectivity index (χ3v) is 5.25. The smallest absolute Gasteiger partial charge is 0.407 e. The summed E-state index contributed by atoms with van der Waals surface area (Å²) in [5.74, 6) is -0.938. The van der Waals surface area contributed by atoms with Crippen molar-refractivity contribution in [2.45, 2.75) is 44.4 Å². The largest absolute Gasteiger partial charge is 0.573 e. The van der Waals surface area contributed by atoms with E-state index in [0.29, 0.717) is 5.69 Å². The average molecular weight is 424 g/mol. The molecule has 0 unspecified atom stereocenters. The predicted molar refractivity (Wildman–Crippen MR) is 97.7 cm³/mol. The lowest BCUT2D eigenvalue weighted by atomic mass is 10.1. The van der Waals surface area contributed by atoms with Gasteiger partial charge in [-0.2, -0.15) is 0 Å². The van der Waals surface area contributed by atoms with Gasteiger partial charge < -0.3 is 14.1 Å². The third kappa shape index (κ3) is 4.55. The van der Waals surface area contributed by atoms with Crippen molar-refractivity contribution in [3.63, 3.8) is 0 Å². The van der Waals surface area contributed by atoms with E-state index < -0.39 is 6.36 Å². The van der Waals surface area contributed by atoms with Crippen LogP contribution in [0, 0.1) is 5.92 Å².